The smallest absolute Gasteiger partial charge is 0.412 e. The third kappa shape index (κ3) is 6.24. The van der Waals surface area contributed by atoms with Crippen molar-refractivity contribution in [2.45, 2.75) is 39.0 Å². The minimum absolute atomic E-state index is 0.117. The second kappa shape index (κ2) is 10.5. The van der Waals surface area contributed by atoms with E-state index in [0.29, 0.717) is 18.7 Å². The molecule has 0 spiro atoms. The third-order valence-corrected chi connectivity index (χ3v) is 5.32. The number of hydrogen-bond acceptors (Lipinski definition) is 8. The third-order valence-electron chi connectivity index (χ3n) is 5.32. The Bertz CT molecular complexity index is 737. The van der Waals surface area contributed by atoms with Gasteiger partial charge in [-0.1, -0.05) is 6.07 Å². The lowest BCUT2D eigenvalue weighted by molar-refractivity contribution is -0.166. The van der Waals surface area contributed by atoms with Crippen molar-refractivity contribution in [2.24, 2.45) is 0 Å². The molecule has 0 radical (unpaired) electrons. The molecule has 1 fully saturated rings. The summed E-state index contributed by atoms with van der Waals surface area (Å²) in [6.07, 6.45) is -0.571. The van der Waals surface area contributed by atoms with Crippen LogP contribution in [-0.2, 0) is 20.7 Å². The molecule has 2 heterocycles. The minimum Gasteiger partial charge on any atom is -0.454 e. The number of carbonyl (C=O) groups is 2. The molecule has 30 heavy (non-hydrogen) atoms. The molecule has 2 atom stereocenters. The lowest BCUT2D eigenvalue weighted by Gasteiger charge is -2.27. The molecule has 1 aromatic rings. The number of nitrogens with zero attached hydrogens (tertiary/aromatic N) is 2. The summed E-state index contributed by atoms with van der Waals surface area (Å²) in [5, 5.41) is 3.27. The van der Waals surface area contributed by atoms with E-state index in [1.54, 1.807) is 14.0 Å². The van der Waals surface area contributed by atoms with E-state index in [2.05, 4.69) is 10.2 Å². The van der Waals surface area contributed by atoms with Crippen LogP contribution in [0.5, 0.6) is 11.5 Å². The Morgan fingerprint density at radius 1 is 1.17 bits per heavy atom. The second-order valence-corrected chi connectivity index (χ2v) is 7.63. The Hall–Kier alpha value is -2.52. The number of nitrogens with one attached hydrogen (secondary N) is 1. The summed E-state index contributed by atoms with van der Waals surface area (Å²) in [5.74, 6) is 1.07. The van der Waals surface area contributed by atoms with Gasteiger partial charge in [0, 0.05) is 52.7 Å². The number of likely N-dealkylation sites (N-methyl/N-ethyl adjacent to an activating group) is 1. The van der Waals surface area contributed by atoms with Gasteiger partial charge >= 0.3 is 12.1 Å². The van der Waals surface area contributed by atoms with Crippen LogP contribution in [0.25, 0.3) is 0 Å². The fourth-order valence-corrected chi connectivity index (χ4v) is 3.40. The van der Waals surface area contributed by atoms with E-state index < -0.39 is 12.4 Å². The zero-order chi connectivity index (χ0) is 21.5. The van der Waals surface area contributed by atoms with Crippen LogP contribution in [-0.4, -0.2) is 80.8 Å². The highest BCUT2D eigenvalue weighted by Gasteiger charge is 2.23. The zero-order valence-corrected chi connectivity index (χ0v) is 17.9. The second-order valence-electron chi connectivity index (χ2n) is 7.63. The Labute approximate surface area is 177 Å². The molecular formula is C21H31N3O6. The van der Waals surface area contributed by atoms with Gasteiger partial charge in [0.15, 0.2) is 11.5 Å². The first-order valence-electron chi connectivity index (χ1n) is 10.4. The van der Waals surface area contributed by atoms with Gasteiger partial charge in [0.1, 0.15) is 0 Å². The summed E-state index contributed by atoms with van der Waals surface area (Å²) < 4.78 is 21.2. The molecule has 1 amide bonds. The quantitative estimate of drug-likeness (QED) is 0.500. The number of esters is 1. The van der Waals surface area contributed by atoms with Gasteiger partial charge in [0.05, 0.1) is 6.42 Å². The van der Waals surface area contributed by atoms with E-state index in [-0.39, 0.29) is 25.2 Å². The van der Waals surface area contributed by atoms with Crippen LogP contribution in [0.4, 0.5) is 4.79 Å². The molecule has 3 rings (SSSR count). The molecule has 1 aromatic carbocycles. The van der Waals surface area contributed by atoms with Crippen LogP contribution in [0.1, 0.15) is 25.8 Å². The van der Waals surface area contributed by atoms with Crippen molar-refractivity contribution in [3.63, 3.8) is 0 Å². The molecule has 166 valence electrons. The molecule has 2 unspecified atom stereocenters. The molecule has 0 aliphatic carbocycles. The van der Waals surface area contributed by atoms with Gasteiger partial charge in [0.2, 0.25) is 13.1 Å². The molecule has 9 nitrogen and oxygen atoms in total. The van der Waals surface area contributed by atoms with Crippen LogP contribution in [0.3, 0.4) is 0 Å². The number of amides is 1. The van der Waals surface area contributed by atoms with Crippen molar-refractivity contribution in [2.75, 3.05) is 46.6 Å². The molecule has 0 saturated carbocycles. The summed E-state index contributed by atoms with van der Waals surface area (Å²) in [7, 11) is 1.67. The number of carbonyl (C=O) groups excluding carboxylic acids is 2. The highest BCUT2D eigenvalue weighted by molar-refractivity contribution is 5.71. The Kier molecular flexibility index (Phi) is 7.75. The first kappa shape index (κ1) is 22.2. The maximum absolute atomic E-state index is 12.4. The van der Waals surface area contributed by atoms with Crippen LogP contribution in [0, 0.1) is 0 Å². The molecule has 0 bridgehead atoms. The summed E-state index contributed by atoms with van der Waals surface area (Å²) in [6.45, 7) is 8.06. The van der Waals surface area contributed by atoms with Gasteiger partial charge in [-0.25, -0.2) is 4.79 Å². The van der Waals surface area contributed by atoms with Gasteiger partial charge < -0.3 is 34.1 Å². The first-order valence-corrected chi connectivity index (χ1v) is 10.4. The fourth-order valence-electron chi connectivity index (χ4n) is 3.40. The van der Waals surface area contributed by atoms with Gasteiger partial charge in [-0.3, -0.25) is 4.79 Å². The molecule has 1 N–H and O–H groups in total. The molecule has 0 aromatic heterocycles. The lowest BCUT2D eigenvalue weighted by atomic mass is 10.1. The number of rotatable bonds is 8. The Balaban J connectivity index is 1.39. The van der Waals surface area contributed by atoms with E-state index in [4.69, 9.17) is 18.9 Å². The van der Waals surface area contributed by atoms with Crippen LogP contribution < -0.4 is 14.8 Å². The summed E-state index contributed by atoms with van der Waals surface area (Å²) in [5.41, 5.74) is 1.03. The van der Waals surface area contributed by atoms with E-state index in [9.17, 15) is 9.59 Å². The first-order chi connectivity index (χ1) is 14.4. The SMILES string of the molecule is CC(OC(=O)CCN1CCNCC1)OC(=O)N(C)C(C)Cc1ccc2c(c1)OCO2. The highest BCUT2D eigenvalue weighted by atomic mass is 16.7. The molecular weight excluding hydrogens is 390 g/mol. The molecule has 1 saturated heterocycles. The van der Waals surface area contributed by atoms with Gasteiger partial charge in [-0.15, -0.1) is 0 Å². The van der Waals surface area contributed by atoms with Crippen molar-refractivity contribution < 1.29 is 28.5 Å². The topological polar surface area (TPSA) is 89.6 Å². The van der Waals surface area contributed by atoms with Crippen LogP contribution >= 0.6 is 0 Å². The van der Waals surface area contributed by atoms with Crippen LogP contribution in [0.2, 0.25) is 0 Å². The monoisotopic (exact) mass is 421 g/mol. The number of ether oxygens (including phenoxy) is 4. The minimum atomic E-state index is -0.937. The van der Waals surface area contributed by atoms with Crippen LogP contribution in [0.15, 0.2) is 18.2 Å². The molecule has 2 aliphatic heterocycles. The van der Waals surface area contributed by atoms with E-state index in [0.717, 1.165) is 37.5 Å². The van der Waals surface area contributed by atoms with E-state index >= 15 is 0 Å². The van der Waals surface area contributed by atoms with Crippen molar-refractivity contribution in [3.05, 3.63) is 23.8 Å². The normalized spacial score (nSPS) is 17.8. The fraction of sp³-hybridized carbons (Fsp3) is 0.619. The highest BCUT2D eigenvalue weighted by Crippen LogP contribution is 2.33. The van der Waals surface area contributed by atoms with E-state index in [1.165, 1.54) is 4.90 Å². The predicted octanol–water partition coefficient (Wildman–Crippen LogP) is 1.60. The standard InChI is InChI=1S/C21H31N3O6/c1-15(12-17-4-5-18-19(13-17)28-14-27-18)23(3)21(26)30-16(2)29-20(25)6-9-24-10-7-22-8-11-24/h4-5,13,15-16,22H,6-12,14H2,1-3H3. The summed E-state index contributed by atoms with van der Waals surface area (Å²) in [4.78, 5) is 28.1. The van der Waals surface area contributed by atoms with E-state index in [1.807, 2.05) is 25.1 Å². The number of piperazine rings is 1. The predicted molar refractivity (Wildman–Crippen MR) is 109 cm³/mol. The molecule has 9 heteroatoms. The van der Waals surface area contributed by atoms with Crippen molar-refractivity contribution in [1.82, 2.24) is 15.1 Å². The molecule has 2 aliphatic rings. The number of fused-ring (bicyclic) bond motifs is 1. The van der Waals surface area contributed by atoms with Crippen molar-refractivity contribution in [3.8, 4) is 11.5 Å². The number of hydrogen-bond donors (Lipinski definition) is 1. The Morgan fingerprint density at radius 3 is 2.67 bits per heavy atom. The van der Waals surface area contributed by atoms with Gasteiger partial charge in [-0.2, -0.15) is 0 Å². The average Bonchev–Trinajstić information content (AvgIpc) is 3.20. The largest absolute Gasteiger partial charge is 0.454 e. The average molecular weight is 421 g/mol. The van der Waals surface area contributed by atoms with Crippen molar-refractivity contribution >= 4 is 12.1 Å². The zero-order valence-electron chi connectivity index (χ0n) is 17.9. The summed E-state index contributed by atoms with van der Waals surface area (Å²) >= 11 is 0. The number of benzene rings is 1. The Morgan fingerprint density at radius 2 is 1.90 bits per heavy atom. The van der Waals surface area contributed by atoms with Gasteiger partial charge in [0.25, 0.3) is 0 Å². The van der Waals surface area contributed by atoms with Crippen molar-refractivity contribution in [1.29, 1.82) is 0 Å². The van der Waals surface area contributed by atoms with Gasteiger partial charge in [-0.05, 0) is 31.0 Å². The summed E-state index contributed by atoms with van der Waals surface area (Å²) in [6, 6.07) is 5.62. The maximum atomic E-state index is 12.4. The lowest BCUT2D eigenvalue weighted by Crippen LogP contribution is -2.44. The maximum Gasteiger partial charge on any atom is 0.412 e.